The Balaban J connectivity index is 2.61. The van der Waals surface area contributed by atoms with Gasteiger partial charge in [-0.25, -0.2) is 4.79 Å². The molecule has 0 bridgehead atoms. The molecule has 4 nitrogen and oxygen atoms in total. The van der Waals surface area contributed by atoms with Crippen molar-refractivity contribution in [3.05, 3.63) is 35.4 Å². The van der Waals surface area contributed by atoms with Crippen molar-refractivity contribution in [2.45, 2.75) is 13.0 Å². The maximum absolute atomic E-state index is 11.1. The molecular weight excluding hydrogens is 206 g/mol. The number of amides is 1. The number of carboxylic acids is 1. The summed E-state index contributed by atoms with van der Waals surface area (Å²) in [5.41, 5.74) is 0.925. The molecule has 0 aliphatic carbocycles. The van der Waals surface area contributed by atoms with Crippen molar-refractivity contribution >= 4 is 11.9 Å². The summed E-state index contributed by atoms with van der Waals surface area (Å²) in [6.45, 7) is 0.279. The quantitative estimate of drug-likeness (QED) is 0.740. The molecule has 0 unspecified atom stereocenters. The standard InChI is InChI=1S/C12H11NO3/c1-2-4-11(14)13-8-9-5-3-6-10(7-9)12(15)16/h1,3,5-7H,4,8H2,(H,13,14)(H,15,16). The number of hydrogen-bond donors (Lipinski definition) is 2. The Labute approximate surface area is 93.3 Å². The predicted molar refractivity (Wildman–Crippen MR) is 58.7 cm³/mol. The number of terminal acetylenes is 1. The lowest BCUT2D eigenvalue weighted by Gasteiger charge is -2.04. The maximum Gasteiger partial charge on any atom is 0.335 e. The van der Waals surface area contributed by atoms with E-state index < -0.39 is 5.97 Å². The van der Waals surface area contributed by atoms with Gasteiger partial charge in [-0.1, -0.05) is 18.1 Å². The van der Waals surface area contributed by atoms with E-state index in [1.165, 1.54) is 12.1 Å². The topological polar surface area (TPSA) is 66.4 Å². The van der Waals surface area contributed by atoms with Gasteiger partial charge in [0.25, 0.3) is 0 Å². The molecule has 0 heterocycles. The first kappa shape index (κ1) is 11.8. The van der Waals surface area contributed by atoms with Crippen LogP contribution in [0, 0.1) is 12.3 Å². The Morgan fingerprint density at radius 3 is 2.81 bits per heavy atom. The highest BCUT2D eigenvalue weighted by atomic mass is 16.4. The number of hydrogen-bond acceptors (Lipinski definition) is 2. The molecule has 1 amide bonds. The van der Waals surface area contributed by atoms with Gasteiger partial charge in [0.2, 0.25) is 5.91 Å². The van der Waals surface area contributed by atoms with Gasteiger partial charge in [-0.05, 0) is 17.7 Å². The van der Waals surface area contributed by atoms with Crippen molar-refractivity contribution in [1.82, 2.24) is 5.32 Å². The first-order chi connectivity index (χ1) is 7.63. The Morgan fingerprint density at radius 1 is 1.44 bits per heavy atom. The molecule has 1 aromatic rings. The van der Waals surface area contributed by atoms with E-state index in [9.17, 15) is 9.59 Å². The third kappa shape index (κ3) is 3.46. The monoisotopic (exact) mass is 217 g/mol. The molecule has 0 aliphatic heterocycles. The van der Waals surface area contributed by atoms with Crippen molar-refractivity contribution in [3.8, 4) is 12.3 Å². The predicted octanol–water partition coefficient (Wildman–Crippen LogP) is 1.02. The van der Waals surface area contributed by atoms with E-state index in [0.717, 1.165) is 5.56 Å². The van der Waals surface area contributed by atoms with Crippen LogP contribution in [0.2, 0.25) is 0 Å². The molecule has 0 aliphatic rings. The number of rotatable bonds is 4. The largest absolute Gasteiger partial charge is 0.478 e. The summed E-state index contributed by atoms with van der Waals surface area (Å²) in [6, 6.07) is 6.38. The molecule has 0 spiro atoms. The fourth-order valence-electron chi connectivity index (χ4n) is 1.17. The lowest BCUT2D eigenvalue weighted by Crippen LogP contribution is -2.21. The SMILES string of the molecule is C#CCC(=O)NCc1cccc(C(=O)O)c1. The molecule has 0 radical (unpaired) electrons. The Hall–Kier alpha value is -2.28. The van der Waals surface area contributed by atoms with Gasteiger partial charge in [0.05, 0.1) is 12.0 Å². The van der Waals surface area contributed by atoms with E-state index in [4.69, 9.17) is 11.5 Å². The normalized spacial score (nSPS) is 9.19. The molecule has 0 fully saturated rings. The van der Waals surface area contributed by atoms with Crippen molar-refractivity contribution in [1.29, 1.82) is 0 Å². The van der Waals surface area contributed by atoms with Crippen LogP contribution < -0.4 is 5.32 Å². The van der Waals surface area contributed by atoms with Crippen LogP contribution in [0.5, 0.6) is 0 Å². The van der Waals surface area contributed by atoms with Crippen LogP contribution in [-0.4, -0.2) is 17.0 Å². The minimum atomic E-state index is -0.989. The molecule has 1 rings (SSSR count). The van der Waals surface area contributed by atoms with Gasteiger partial charge in [0.15, 0.2) is 0 Å². The van der Waals surface area contributed by atoms with E-state index in [1.54, 1.807) is 12.1 Å². The second kappa shape index (κ2) is 5.56. The number of carboxylic acid groups (broad SMARTS) is 1. The highest BCUT2D eigenvalue weighted by Crippen LogP contribution is 2.05. The summed E-state index contributed by atoms with van der Waals surface area (Å²) in [5, 5.41) is 11.3. The molecule has 1 aromatic carbocycles. The van der Waals surface area contributed by atoms with Gasteiger partial charge < -0.3 is 10.4 Å². The molecule has 2 N–H and O–H groups in total. The minimum Gasteiger partial charge on any atom is -0.478 e. The number of carbonyl (C=O) groups excluding carboxylic acids is 1. The van der Waals surface area contributed by atoms with Crippen LogP contribution in [0.25, 0.3) is 0 Å². The van der Waals surface area contributed by atoms with Gasteiger partial charge >= 0.3 is 5.97 Å². The van der Waals surface area contributed by atoms with Crippen LogP contribution in [0.4, 0.5) is 0 Å². The fourth-order valence-corrected chi connectivity index (χ4v) is 1.17. The number of nitrogens with one attached hydrogen (secondary N) is 1. The van der Waals surface area contributed by atoms with Crippen LogP contribution in [0.15, 0.2) is 24.3 Å². The summed E-state index contributed by atoms with van der Waals surface area (Å²) in [5.74, 6) is 0.991. The van der Waals surface area contributed by atoms with Gasteiger partial charge in [0.1, 0.15) is 0 Å². The summed E-state index contributed by atoms with van der Waals surface area (Å²) < 4.78 is 0. The third-order valence-electron chi connectivity index (χ3n) is 1.93. The Bertz CT molecular complexity index is 446. The minimum absolute atomic E-state index is 0.0264. The lowest BCUT2D eigenvalue weighted by molar-refractivity contribution is -0.120. The summed E-state index contributed by atoms with van der Waals surface area (Å²) in [6.07, 6.45) is 5.00. The van der Waals surface area contributed by atoms with Crippen LogP contribution in [0.1, 0.15) is 22.3 Å². The van der Waals surface area contributed by atoms with E-state index >= 15 is 0 Å². The molecular formula is C12H11NO3. The van der Waals surface area contributed by atoms with Gasteiger partial charge in [-0.2, -0.15) is 0 Å². The summed E-state index contributed by atoms with van der Waals surface area (Å²) in [7, 11) is 0. The first-order valence-corrected chi connectivity index (χ1v) is 4.66. The van der Waals surface area contributed by atoms with Crippen molar-refractivity contribution in [2.75, 3.05) is 0 Å². The van der Waals surface area contributed by atoms with E-state index in [-0.39, 0.29) is 24.4 Å². The van der Waals surface area contributed by atoms with Crippen LogP contribution in [-0.2, 0) is 11.3 Å². The average Bonchev–Trinajstić information content (AvgIpc) is 2.27. The second-order valence-electron chi connectivity index (χ2n) is 3.16. The zero-order valence-electron chi connectivity index (χ0n) is 8.56. The molecule has 0 saturated carbocycles. The maximum atomic E-state index is 11.1. The third-order valence-corrected chi connectivity index (χ3v) is 1.93. The Kier molecular flexibility index (Phi) is 4.10. The smallest absolute Gasteiger partial charge is 0.335 e. The van der Waals surface area contributed by atoms with E-state index in [1.807, 2.05) is 0 Å². The molecule has 4 heteroatoms. The highest BCUT2D eigenvalue weighted by molar-refractivity contribution is 5.87. The molecule has 0 aromatic heterocycles. The summed E-state index contributed by atoms with van der Waals surface area (Å²) >= 11 is 0. The second-order valence-corrected chi connectivity index (χ2v) is 3.16. The fraction of sp³-hybridized carbons (Fsp3) is 0.167. The Morgan fingerprint density at radius 2 is 2.19 bits per heavy atom. The van der Waals surface area contributed by atoms with Gasteiger partial charge in [0, 0.05) is 6.54 Å². The van der Waals surface area contributed by atoms with Gasteiger partial charge in [-0.15, -0.1) is 6.42 Å². The van der Waals surface area contributed by atoms with Gasteiger partial charge in [-0.3, -0.25) is 4.79 Å². The number of benzene rings is 1. The van der Waals surface area contributed by atoms with Crippen LogP contribution in [0.3, 0.4) is 0 Å². The summed E-state index contributed by atoms with van der Waals surface area (Å²) in [4.78, 5) is 21.7. The first-order valence-electron chi connectivity index (χ1n) is 4.66. The van der Waals surface area contributed by atoms with Crippen LogP contribution >= 0.6 is 0 Å². The lowest BCUT2D eigenvalue weighted by atomic mass is 10.1. The molecule has 82 valence electrons. The van der Waals surface area contributed by atoms with Crippen molar-refractivity contribution in [2.24, 2.45) is 0 Å². The molecule has 0 saturated heterocycles. The number of carbonyl (C=O) groups is 2. The van der Waals surface area contributed by atoms with Crippen molar-refractivity contribution < 1.29 is 14.7 Å². The van der Waals surface area contributed by atoms with Crippen molar-refractivity contribution in [3.63, 3.8) is 0 Å². The van der Waals surface area contributed by atoms with E-state index in [0.29, 0.717) is 0 Å². The number of aromatic carboxylic acids is 1. The zero-order chi connectivity index (χ0) is 12.0. The average molecular weight is 217 g/mol. The highest BCUT2D eigenvalue weighted by Gasteiger charge is 2.04. The molecule has 0 atom stereocenters. The zero-order valence-corrected chi connectivity index (χ0v) is 8.56. The van der Waals surface area contributed by atoms with E-state index in [2.05, 4.69) is 11.2 Å². The molecule has 16 heavy (non-hydrogen) atoms.